The fourth-order valence-corrected chi connectivity index (χ4v) is 3.69. The number of hydrogen-bond donors (Lipinski definition) is 1. The van der Waals surface area contributed by atoms with Gasteiger partial charge in [0.05, 0.1) is 12.2 Å². The van der Waals surface area contributed by atoms with E-state index in [-0.39, 0.29) is 25.0 Å². The summed E-state index contributed by atoms with van der Waals surface area (Å²) >= 11 is 0. The molecule has 1 aliphatic rings. The Labute approximate surface area is 182 Å². The molecule has 0 unspecified atom stereocenters. The second-order valence-electron chi connectivity index (χ2n) is 7.86. The molecule has 8 nitrogen and oxygen atoms in total. The van der Waals surface area contributed by atoms with E-state index < -0.39 is 5.97 Å². The van der Waals surface area contributed by atoms with Gasteiger partial charge in [0.25, 0.3) is 5.91 Å². The molecular weight excluding hydrogens is 396 g/mol. The van der Waals surface area contributed by atoms with Gasteiger partial charge in [-0.2, -0.15) is 5.10 Å². The van der Waals surface area contributed by atoms with Crippen LogP contribution in [0.5, 0.6) is 0 Å². The van der Waals surface area contributed by atoms with Crippen LogP contribution in [0.2, 0.25) is 0 Å². The van der Waals surface area contributed by atoms with Gasteiger partial charge in [0.1, 0.15) is 6.54 Å². The van der Waals surface area contributed by atoms with Gasteiger partial charge in [0, 0.05) is 30.8 Å². The first-order valence-corrected chi connectivity index (χ1v) is 10.7. The molecule has 0 spiro atoms. The van der Waals surface area contributed by atoms with Gasteiger partial charge in [0.15, 0.2) is 6.61 Å². The molecule has 2 heterocycles. The molecule has 3 rings (SSSR count). The van der Waals surface area contributed by atoms with Crippen molar-refractivity contribution in [3.8, 4) is 0 Å². The van der Waals surface area contributed by atoms with Gasteiger partial charge in [0.2, 0.25) is 5.91 Å². The smallest absolute Gasteiger partial charge is 0.326 e. The lowest BCUT2D eigenvalue weighted by Gasteiger charge is -2.19. The lowest BCUT2D eigenvalue weighted by molar-refractivity contribution is -0.152. The van der Waals surface area contributed by atoms with Crippen molar-refractivity contribution >= 4 is 17.8 Å². The third-order valence-corrected chi connectivity index (χ3v) is 5.52. The Hall–Kier alpha value is -3.16. The van der Waals surface area contributed by atoms with E-state index >= 15 is 0 Å². The maximum absolute atomic E-state index is 12.2. The van der Waals surface area contributed by atoms with Crippen molar-refractivity contribution in [2.45, 2.75) is 52.6 Å². The Kier molecular flexibility index (Phi) is 7.81. The molecule has 31 heavy (non-hydrogen) atoms. The number of esters is 1. The van der Waals surface area contributed by atoms with Gasteiger partial charge in [-0.05, 0) is 32.3 Å². The van der Waals surface area contributed by atoms with Crippen LogP contribution in [0.15, 0.2) is 30.3 Å². The Morgan fingerprint density at radius 3 is 2.68 bits per heavy atom. The van der Waals surface area contributed by atoms with E-state index in [0.717, 1.165) is 41.8 Å². The second kappa shape index (κ2) is 10.7. The number of aromatic nitrogens is 2. The zero-order chi connectivity index (χ0) is 22.2. The topological polar surface area (TPSA) is 93.5 Å². The highest BCUT2D eigenvalue weighted by Gasteiger charge is 2.20. The van der Waals surface area contributed by atoms with Crippen molar-refractivity contribution in [2.75, 3.05) is 19.7 Å². The van der Waals surface area contributed by atoms with Gasteiger partial charge in [-0.1, -0.05) is 36.8 Å². The van der Waals surface area contributed by atoms with Crippen LogP contribution >= 0.6 is 0 Å². The van der Waals surface area contributed by atoms with Gasteiger partial charge in [-0.25, -0.2) is 0 Å². The zero-order valence-corrected chi connectivity index (χ0v) is 18.2. The predicted octanol–water partition coefficient (Wildman–Crippen LogP) is 2.11. The number of carbonyl (C=O) groups excluding carboxylic acids is 3. The fourth-order valence-electron chi connectivity index (χ4n) is 3.69. The zero-order valence-electron chi connectivity index (χ0n) is 18.2. The van der Waals surface area contributed by atoms with E-state index in [2.05, 4.69) is 10.4 Å². The molecule has 0 atom stereocenters. The quantitative estimate of drug-likeness (QED) is 0.653. The molecular formula is C23H30N4O4. The van der Waals surface area contributed by atoms with Gasteiger partial charge in [-0.15, -0.1) is 0 Å². The molecule has 1 saturated heterocycles. The van der Waals surface area contributed by atoms with E-state index in [1.807, 2.05) is 48.9 Å². The minimum Gasteiger partial charge on any atom is -0.454 e. The molecule has 1 aromatic carbocycles. The summed E-state index contributed by atoms with van der Waals surface area (Å²) in [5.41, 5.74) is 3.94. The molecule has 0 saturated carbocycles. The van der Waals surface area contributed by atoms with E-state index in [1.165, 1.54) is 4.90 Å². The fraction of sp³-hybridized carbons (Fsp3) is 0.478. The number of amides is 2. The van der Waals surface area contributed by atoms with Gasteiger partial charge < -0.3 is 15.0 Å². The summed E-state index contributed by atoms with van der Waals surface area (Å²) < 4.78 is 6.98. The Bertz CT molecular complexity index is 923. The summed E-state index contributed by atoms with van der Waals surface area (Å²) in [7, 11) is 0. The number of aryl methyl sites for hydroxylation is 1. The van der Waals surface area contributed by atoms with Crippen molar-refractivity contribution in [3.63, 3.8) is 0 Å². The molecule has 1 fully saturated rings. The lowest BCUT2D eigenvalue weighted by atomic mass is 10.2. The van der Waals surface area contributed by atoms with Crippen LogP contribution in [0.3, 0.4) is 0 Å². The van der Waals surface area contributed by atoms with Crippen LogP contribution in [0, 0.1) is 13.8 Å². The van der Waals surface area contributed by atoms with E-state index in [1.54, 1.807) is 0 Å². The monoisotopic (exact) mass is 426 g/mol. The normalized spacial score (nSPS) is 14.3. The number of nitrogens with one attached hydrogen (secondary N) is 1. The summed E-state index contributed by atoms with van der Waals surface area (Å²) in [5.74, 6) is -0.976. The highest BCUT2D eigenvalue weighted by molar-refractivity contribution is 5.84. The molecule has 0 radical (unpaired) electrons. The maximum atomic E-state index is 12.2. The van der Waals surface area contributed by atoms with E-state index in [4.69, 9.17) is 4.74 Å². The first-order valence-electron chi connectivity index (χ1n) is 10.7. The highest BCUT2D eigenvalue weighted by Crippen LogP contribution is 2.15. The summed E-state index contributed by atoms with van der Waals surface area (Å²) in [6.07, 6.45) is 3.19. The van der Waals surface area contributed by atoms with Crippen LogP contribution in [-0.2, 0) is 32.2 Å². The van der Waals surface area contributed by atoms with Crippen molar-refractivity contribution in [1.29, 1.82) is 0 Å². The van der Waals surface area contributed by atoms with Crippen molar-refractivity contribution in [2.24, 2.45) is 0 Å². The Morgan fingerprint density at radius 1 is 1.13 bits per heavy atom. The minimum atomic E-state index is -0.562. The third kappa shape index (κ3) is 6.41. The van der Waals surface area contributed by atoms with Crippen LogP contribution in [0.25, 0.3) is 0 Å². The largest absolute Gasteiger partial charge is 0.454 e. The predicted molar refractivity (Wildman–Crippen MR) is 115 cm³/mol. The van der Waals surface area contributed by atoms with Crippen LogP contribution in [0.4, 0.5) is 0 Å². The summed E-state index contributed by atoms with van der Waals surface area (Å²) in [5, 5.41) is 7.37. The molecule has 0 aliphatic carbocycles. The van der Waals surface area contributed by atoms with Gasteiger partial charge in [-0.3, -0.25) is 19.1 Å². The lowest BCUT2D eigenvalue weighted by Crippen LogP contribution is -2.37. The molecule has 166 valence electrons. The van der Waals surface area contributed by atoms with E-state index in [9.17, 15) is 14.4 Å². The molecule has 0 bridgehead atoms. The summed E-state index contributed by atoms with van der Waals surface area (Å²) in [4.78, 5) is 37.7. The summed E-state index contributed by atoms with van der Waals surface area (Å²) in [6.45, 7) is 4.96. The average molecular weight is 427 g/mol. The standard InChI is InChI=1S/C23H30N4O4/c1-17-20(18(2)27(25-17)14-19-9-5-3-6-10-19)13-24-21(28)16-31-23(30)15-26-12-8-4-7-11-22(26)29/h3,5-6,9-10H,4,7-8,11-16H2,1-2H3,(H,24,28). The molecule has 2 aromatic rings. The Balaban J connectivity index is 1.46. The summed E-state index contributed by atoms with van der Waals surface area (Å²) in [6, 6.07) is 10.1. The van der Waals surface area contributed by atoms with Crippen molar-refractivity contribution in [3.05, 3.63) is 52.8 Å². The molecule has 2 amide bonds. The first-order chi connectivity index (χ1) is 14.9. The van der Waals surface area contributed by atoms with Crippen LogP contribution in [-0.4, -0.2) is 52.2 Å². The highest BCUT2D eigenvalue weighted by atomic mass is 16.5. The number of likely N-dealkylation sites (tertiary alicyclic amines) is 1. The second-order valence-corrected chi connectivity index (χ2v) is 7.86. The number of benzene rings is 1. The van der Waals surface area contributed by atoms with Gasteiger partial charge >= 0.3 is 5.97 Å². The van der Waals surface area contributed by atoms with Crippen molar-refractivity contribution in [1.82, 2.24) is 20.0 Å². The number of nitrogens with zero attached hydrogens (tertiary/aromatic N) is 3. The number of ether oxygens (including phenoxy) is 1. The Morgan fingerprint density at radius 2 is 1.90 bits per heavy atom. The van der Waals surface area contributed by atoms with Crippen LogP contribution in [0.1, 0.15) is 48.2 Å². The average Bonchev–Trinajstić information content (AvgIpc) is 2.89. The number of carbonyl (C=O) groups is 3. The molecule has 1 aliphatic heterocycles. The third-order valence-electron chi connectivity index (χ3n) is 5.52. The molecule has 1 N–H and O–H groups in total. The van der Waals surface area contributed by atoms with E-state index in [0.29, 0.717) is 26.1 Å². The first kappa shape index (κ1) is 22.5. The van der Waals surface area contributed by atoms with Crippen molar-refractivity contribution < 1.29 is 19.1 Å². The number of hydrogen-bond acceptors (Lipinski definition) is 5. The van der Waals surface area contributed by atoms with Crippen LogP contribution < -0.4 is 5.32 Å². The maximum Gasteiger partial charge on any atom is 0.326 e. The number of rotatable bonds is 8. The molecule has 8 heteroatoms. The SMILES string of the molecule is Cc1nn(Cc2ccccc2)c(C)c1CNC(=O)COC(=O)CN1CCCCCC1=O. The molecule has 1 aromatic heterocycles. The minimum absolute atomic E-state index is 0.0302.